The summed E-state index contributed by atoms with van der Waals surface area (Å²) in [5.41, 5.74) is 1.35. The molecule has 0 bridgehead atoms. The number of hydrogen-bond acceptors (Lipinski definition) is 1. The molecule has 1 aromatic carbocycles. The van der Waals surface area contributed by atoms with Crippen molar-refractivity contribution in [3.63, 3.8) is 0 Å². The Hall–Kier alpha value is -1.24. The van der Waals surface area contributed by atoms with E-state index < -0.39 is 0 Å². The van der Waals surface area contributed by atoms with Crippen LogP contribution in [0.2, 0.25) is 0 Å². The molecule has 0 atom stereocenters. The van der Waals surface area contributed by atoms with Crippen LogP contribution in [0.3, 0.4) is 0 Å². The summed E-state index contributed by atoms with van der Waals surface area (Å²) in [5, 5.41) is 0. The fourth-order valence-electron chi connectivity index (χ4n) is 1.71. The topological polar surface area (TPSA) is 3.24 Å². The van der Waals surface area contributed by atoms with Crippen molar-refractivity contribution in [2.75, 3.05) is 18.0 Å². The van der Waals surface area contributed by atoms with Crippen molar-refractivity contribution < 1.29 is 0 Å². The number of hydrogen-bond donors (Lipinski definition) is 0. The zero-order valence-electron chi connectivity index (χ0n) is 7.82. The molecule has 1 aromatic rings. The third kappa shape index (κ3) is 2.11. The summed E-state index contributed by atoms with van der Waals surface area (Å²) in [4.78, 5) is 2.44. The summed E-state index contributed by atoms with van der Waals surface area (Å²) in [6, 6.07) is 10.7. The van der Waals surface area contributed by atoms with Gasteiger partial charge < -0.3 is 4.90 Å². The lowest BCUT2D eigenvalue weighted by Gasteiger charge is -2.22. The van der Waals surface area contributed by atoms with E-state index in [9.17, 15) is 0 Å². The second-order valence-corrected chi connectivity index (χ2v) is 3.37. The van der Waals surface area contributed by atoms with Crippen molar-refractivity contribution >= 4 is 5.69 Å². The average molecular weight is 173 g/mol. The quantitative estimate of drug-likeness (QED) is 0.590. The number of rotatable bonds is 1. The largest absolute Gasteiger partial charge is 0.371 e. The minimum absolute atomic E-state index is 1.15. The van der Waals surface area contributed by atoms with Crippen LogP contribution in [0.1, 0.15) is 12.8 Å². The first-order valence-corrected chi connectivity index (χ1v) is 4.92. The molecule has 68 valence electrons. The number of anilines is 1. The second-order valence-electron chi connectivity index (χ2n) is 3.37. The molecule has 0 N–H and O–H groups in total. The maximum atomic E-state index is 2.44. The van der Waals surface area contributed by atoms with E-state index in [2.05, 4.69) is 47.4 Å². The third-order valence-corrected chi connectivity index (χ3v) is 2.42. The molecule has 0 amide bonds. The molecule has 1 heteroatoms. The van der Waals surface area contributed by atoms with E-state index in [4.69, 9.17) is 0 Å². The third-order valence-electron chi connectivity index (χ3n) is 2.42. The highest BCUT2D eigenvalue weighted by molar-refractivity contribution is 5.46. The maximum absolute atomic E-state index is 2.44. The van der Waals surface area contributed by atoms with E-state index in [0.717, 1.165) is 13.1 Å². The maximum Gasteiger partial charge on any atom is 0.0366 e. The predicted molar refractivity (Wildman–Crippen MR) is 57.0 cm³/mol. The van der Waals surface area contributed by atoms with Crippen molar-refractivity contribution in [1.82, 2.24) is 0 Å². The molecule has 0 radical (unpaired) electrons. The standard InChI is InChI=1S/C12H15N/c1-2-7-11-13(10-6-1)12-8-4-3-5-9-12/h1-5,8-9H,6-7,10-11H2. The van der Waals surface area contributed by atoms with Gasteiger partial charge in [-0.3, -0.25) is 0 Å². The van der Waals surface area contributed by atoms with E-state index in [1.807, 2.05) is 0 Å². The Labute approximate surface area is 79.7 Å². The monoisotopic (exact) mass is 173 g/mol. The second kappa shape index (κ2) is 4.13. The van der Waals surface area contributed by atoms with Crippen molar-refractivity contribution in [2.24, 2.45) is 0 Å². The summed E-state index contributed by atoms with van der Waals surface area (Å²) < 4.78 is 0. The fraction of sp³-hybridized carbons (Fsp3) is 0.333. The van der Waals surface area contributed by atoms with Crippen molar-refractivity contribution in [1.29, 1.82) is 0 Å². The van der Waals surface area contributed by atoms with Crippen molar-refractivity contribution in [3.05, 3.63) is 42.5 Å². The lowest BCUT2D eigenvalue weighted by molar-refractivity contribution is 0.812. The SMILES string of the molecule is C1=CCCN(c2ccccc2)CC1. The smallest absolute Gasteiger partial charge is 0.0366 e. The Morgan fingerprint density at radius 3 is 2.08 bits per heavy atom. The molecule has 1 nitrogen and oxygen atoms in total. The highest BCUT2D eigenvalue weighted by atomic mass is 15.1. The molecule has 0 spiro atoms. The molecule has 0 aromatic heterocycles. The average Bonchev–Trinajstić information content (AvgIpc) is 2.47. The van der Waals surface area contributed by atoms with Crippen LogP contribution in [0.5, 0.6) is 0 Å². The molecule has 1 aliphatic heterocycles. The predicted octanol–water partition coefficient (Wildman–Crippen LogP) is 2.84. The lowest BCUT2D eigenvalue weighted by atomic mass is 10.2. The molecular weight excluding hydrogens is 158 g/mol. The van der Waals surface area contributed by atoms with Gasteiger partial charge in [0.1, 0.15) is 0 Å². The Morgan fingerprint density at radius 2 is 1.46 bits per heavy atom. The van der Waals surface area contributed by atoms with E-state index in [-0.39, 0.29) is 0 Å². The van der Waals surface area contributed by atoms with Crippen molar-refractivity contribution in [2.45, 2.75) is 12.8 Å². The van der Waals surface area contributed by atoms with Gasteiger partial charge >= 0.3 is 0 Å². The molecule has 0 aliphatic carbocycles. The zero-order valence-corrected chi connectivity index (χ0v) is 7.82. The summed E-state index contributed by atoms with van der Waals surface area (Å²) in [6.45, 7) is 2.31. The molecule has 1 aliphatic rings. The Kier molecular flexibility index (Phi) is 2.65. The van der Waals surface area contributed by atoms with Crippen LogP contribution in [0.4, 0.5) is 5.69 Å². The molecular formula is C12H15N. The first kappa shape index (κ1) is 8.36. The van der Waals surface area contributed by atoms with Crippen LogP contribution in [0, 0.1) is 0 Å². The number of benzene rings is 1. The molecule has 13 heavy (non-hydrogen) atoms. The van der Waals surface area contributed by atoms with Gasteiger partial charge in [-0.1, -0.05) is 30.4 Å². The summed E-state index contributed by atoms with van der Waals surface area (Å²) >= 11 is 0. The molecule has 0 saturated carbocycles. The summed E-state index contributed by atoms with van der Waals surface area (Å²) in [7, 11) is 0. The van der Waals surface area contributed by atoms with Gasteiger partial charge in [0, 0.05) is 18.8 Å². The minimum Gasteiger partial charge on any atom is -0.371 e. The molecule has 0 unspecified atom stereocenters. The highest BCUT2D eigenvalue weighted by Crippen LogP contribution is 2.15. The Bertz CT molecular complexity index is 266. The first-order chi connectivity index (χ1) is 6.47. The van der Waals surface area contributed by atoms with Crippen LogP contribution in [0.25, 0.3) is 0 Å². The van der Waals surface area contributed by atoms with Gasteiger partial charge in [0.2, 0.25) is 0 Å². The number of nitrogens with zero attached hydrogens (tertiary/aromatic N) is 1. The van der Waals surface area contributed by atoms with Crippen LogP contribution in [0.15, 0.2) is 42.5 Å². The minimum atomic E-state index is 1.15. The zero-order chi connectivity index (χ0) is 8.93. The molecule has 0 fully saturated rings. The van der Waals surface area contributed by atoms with Crippen molar-refractivity contribution in [3.8, 4) is 0 Å². The van der Waals surface area contributed by atoms with Gasteiger partial charge in [-0.05, 0) is 25.0 Å². The molecule has 1 heterocycles. The molecule has 2 rings (SSSR count). The van der Waals surface area contributed by atoms with Gasteiger partial charge in [0.15, 0.2) is 0 Å². The fourth-order valence-corrected chi connectivity index (χ4v) is 1.71. The van der Waals surface area contributed by atoms with E-state index in [1.54, 1.807) is 0 Å². The summed E-state index contributed by atoms with van der Waals surface area (Å²) in [5.74, 6) is 0. The van der Waals surface area contributed by atoms with Crippen LogP contribution < -0.4 is 4.90 Å². The van der Waals surface area contributed by atoms with E-state index in [0.29, 0.717) is 0 Å². The van der Waals surface area contributed by atoms with Gasteiger partial charge in [-0.25, -0.2) is 0 Å². The first-order valence-electron chi connectivity index (χ1n) is 4.92. The summed E-state index contributed by atoms with van der Waals surface area (Å²) in [6.07, 6.45) is 6.91. The van der Waals surface area contributed by atoms with Gasteiger partial charge in [-0.15, -0.1) is 0 Å². The highest BCUT2D eigenvalue weighted by Gasteiger charge is 2.05. The van der Waals surface area contributed by atoms with E-state index in [1.165, 1.54) is 18.5 Å². The lowest BCUT2D eigenvalue weighted by Crippen LogP contribution is -2.23. The van der Waals surface area contributed by atoms with Crippen LogP contribution in [-0.4, -0.2) is 13.1 Å². The Morgan fingerprint density at radius 1 is 0.846 bits per heavy atom. The van der Waals surface area contributed by atoms with Gasteiger partial charge in [-0.2, -0.15) is 0 Å². The van der Waals surface area contributed by atoms with E-state index >= 15 is 0 Å². The Balaban J connectivity index is 2.09. The number of para-hydroxylation sites is 1. The van der Waals surface area contributed by atoms with Crippen LogP contribution >= 0.6 is 0 Å². The molecule has 0 saturated heterocycles. The normalized spacial score (nSPS) is 17.1. The van der Waals surface area contributed by atoms with Crippen LogP contribution in [-0.2, 0) is 0 Å². The van der Waals surface area contributed by atoms with Gasteiger partial charge in [0.05, 0.1) is 0 Å². The van der Waals surface area contributed by atoms with Gasteiger partial charge in [0.25, 0.3) is 0 Å².